The minimum atomic E-state index is -0.450. The number of ether oxygens (including phenoxy) is 1. The van der Waals surface area contributed by atoms with Crippen molar-refractivity contribution in [3.63, 3.8) is 0 Å². The van der Waals surface area contributed by atoms with Gasteiger partial charge in [0.2, 0.25) is 0 Å². The van der Waals surface area contributed by atoms with E-state index in [1.807, 2.05) is 6.92 Å². The normalized spacial score (nSPS) is 21.7. The molecule has 1 fully saturated rings. The predicted molar refractivity (Wildman–Crippen MR) is 109 cm³/mol. The summed E-state index contributed by atoms with van der Waals surface area (Å²) in [5, 5.41) is 2.67. The number of halogens is 1. The molecule has 0 spiro atoms. The first-order valence-electron chi connectivity index (χ1n) is 9.98. The number of fused-ring (bicyclic) bond motifs is 1. The smallest absolute Gasteiger partial charge is 0.322 e. The van der Waals surface area contributed by atoms with Crippen LogP contribution in [0.5, 0.6) is 0 Å². The van der Waals surface area contributed by atoms with Crippen LogP contribution in [0.15, 0.2) is 24.3 Å². The number of hydrogen-bond acceptors (Lipinski definition) is 5. The lowest BCUT2D eigenvalue weighted by Crippen LogP contribution is -2.47. The average molecular weight is 399 g/mol. The Bertz CT molecular complexity index is 912. The molecule has 0 saturated carbocycles. The molecule has 7 nitrogen and oxygen atoms in total. The molecule has 0 radical (unpaired) electrons. The molecule has 1 N–H and O–H groups in total. The highest BCUT2D eigenvalue weighted by atomic mass is 19.1. The predicted octanol–water partition coefficient (Wildman–Crippen LogP) is 3.13. The van der Waals surface area contributed by atoms with Gasteiger partial charge in [0.1, 0.15) is 17.5 Å². The molecule has 8 heteroatoms. The third kappa shape index (κ3) is 4.17. The Balaban J connectivity index is 1.58. The molecule has 2 aromatic rings. The zero-order valence-corrected chi connectivity index (χ0v) is 17.0. The first kappa shape index (κ1) is 19.6. The quantitative estimate of drug-likeness (QED) is 0.840. The van der Waals surface area contributed by atoms with Gasteiger partial charge < -0.3 is 19.9 Å². The Kier molecular flexibility index (Phi) is 5.36. The Morgan fingerprint density at radius 3 is 2.66 bits per heavy atom. The fourth-order valence-electron chi connectivity index (χ4n) is 4.06. The van der Waals surface area contributed by atoms with Crippen molar-refractivity contribution in [2.24, 2.45) is 0 Å². The molecule has 1 aromatic heterocycles. The van der Waals surface area contributed by atoms with Gasteiger partial charge in [-0.05, 0) is 32.9 Å². The van der Waals surface area contributed by atoms with E-state index in [1.54, 1.807) is 23.1 Å². The van der Waals surface area contributed by atoms with E-state index < -0.39 is 5.82 Å². The summed E-state index contributed by atoms with van der Waals surface area (Å²) in [4.78, 5) is 26.0. The summed E-state index contributed by atoms with van der Waals surface area (Å²) in [6.45, 7) is 8.41. The van der Waals surface area contributed by atoms with Crippen molar-refractivity contribution in [2.75, 3.05) is 29.9 Å². The van der Waals surface area contributed by atoms with E-state index in [0.29, 0.717) is 19.5 Å². The number of hydrogen-bond donors (Lipinski definition) is 1. The summed E-state index contributed by atoms with van der Waals surface area (Å²) in [6, 6.07) is 5.85. The molecular formula is C21H26FN5O2. The molecule has 2 aliphatic rings. The highest BCUT2D eigenvalue weighted by Gasteiger charge is 2.30. The molecule has 0 aliphatic carbocycles. The van der Waals surface area contributed by atoms with Gasteiger partial charge >= 0.3 is 6.03 Å². The van der Waals surface area contributed by atoms with E-state index in [4.69, 9.17) is 9.72 Å². The van der Waals surface area contributed by atoms with E-state index in [0.717, 1.165) is 36.0 Å². The van der Waals surface area contributed by atoms with Gasteiger partial charge in [0.05, 0.1) is 30.1 Å². The Hall–Kier alpha value is -2.74. The maximum atomic E-state index is 13.9. The fraction of sp³-hybridized carbons (Fsp3) is 0.476. The second-order valence-corrected chi connectivity index (χ2v) is 7.76. The van der Waals surface area contributed by atoms with Gasteiger partial charge in [-0.25, -0.2) is 19.2 Å². The van der Waals surface area contributed by atoms with Crippen molar-refractivity contribution in [2.45, 2.75) is 45.9 Å². The molecule has 1 aromatic carbocycles. The number of nitrogens with zero attached hydrogens (tertiary/aromatic N) is 4. The average Bonchev–Trinajstić information content (AvgIpc) is 2.68. The van der Waals surface area contributed by atoms with Crippen LogP contribution in [-0.4, -0.2) is 52.7 Å². The summed E-state index contributed by atoms with van der Waals surface area (Å²) in [7, 11) is 0. The van der Waals surface area contributed by atoms with Crippen molar-refractivity contribution < 1.29 is 13.9 Å². The topological polar surface area (TPSA) is 70.6 Å². The number of amides is 2. The van der Waals surface area contributed by atoms with Crippen molar-refractivity contribution in [3.05, 3.63) is 47.2 Å². The van der Waals surface area contributed by atoms with Crippen LogP contribution in [-0.2, 0) is 17.7 Å². The number of anilines is 2. The van der Waals surface area contributed by atoms with E-state index in [1.165, 1.54) is 6.07 Å². The molecule has 29 heavy (non-hydrogen) atoms. The van der Waals surface area contributed by atoms with E-state index in [9.17, 15) is 9.18 Å². The highest BCUT2D eigenvalue weighted by Crippen LogP contribution is 2.29. The van der Waals surface area contributed by atoms with Gasteiger partial charge in [-0.2, -0.15) is 0 Å². The van der Waals surface area contributed by atoms with Crippen LogP contribution < -0.4 is 10.2 Å². The molecule has 0 bridgehead atoms. The van der Waals surface area contributed by atoms with Crippen molar-refractivity contribution in [1.29, 1.82) is 0 Å². The maximum Gasteiger partial charge on any atom is 0.322 e. The zero-order valence-electron chi connectivity index (χ0n) is 17.0. The molecule has 3 heterocycles. The third-order valence-corrected chi connectivity index (χ3v) is 5.27. The first-order valence-corrected chi connectivity index (χ1v) is 9.98. The number of morpholine rings is 1. The largest absolute Gasteiger partial charge is 0.372 e. The SMILES string of the molecule is Cc1nc2c(c(N3CC(C)OC(C)C3)n1)CN(C(=O)Nc1ccccc1F)CC2. The number of aromatic nitrogens is 2. The molecular weight excluding hydrogens is 373 g/mol. The Morgan fingerprint density at radius 1 is 1.21 bits per heavy atom. The van der Waals surface area contributed by atoms with Gasteiger partial charge in [-0.1, -0.05) is 12.1 Å². The van der Waals surface area contributed by atoms with Gasteiger partial charge in [-0.3, -0.25) is 0 Å². The highest BCUT2D eigenvalue weighted by molar-refractivity contribution is 5.89. The van der Waals surface area contributed by atoms with Crippen molar-refractivity contribution in [3.8, 4) is 0 Å². The Labute approximate surface area is 169 Å². The first-order chi connectivity index (χ1) is 13.9. The van der Waals surface area contributed by atoms with Crippen LogP contribution in [0.2, 0.25) is 0 Å². The number of urea groups is 1. The lowest BCUT2D eigenvalue weighted by atomic mass is 10.0. The molecule has 4 rings (SSSR count). The summed E-state index contributed by atoms with van der Waals surface area (Å²) in [5.41, 5.74) is 2.13. The van der Waals surface area contributed by atoms with Crippen LogP contribution in [0.4, 0.5) is 20.7 Å². The molecule has 2 aliphatic heterocycles. The number of carbonyl (C=O) groups excluding carboxylic acids is 1. The molecule has 1 saturated heterocycles. The standard InChI is InChI=1S/C21H26FN5O2/c1-13-10-27(11-14(2)29-13)20-16-12-26(9-8-18(16)23-15(3)24-20)21(28)25-19-7-5-4-6-17(19)22/h4-7,13-14H,8-12H2,1-3H3,(H,25,28). The van der Waals surface area contributed by atoms with E-state index in [-0.39, 0.29) is 23.9 Å². The fourth-order valence-corrected chi connectivity index (χ4v) is 4.06. The molecule has 2 unspecified atom stereocenters. The number of para-hydroxylation sites is 1. The number of nitrogens with one attached hydrogen (secondary N) is 1. The second-order valence-electron chi connectivity index (χ2n) is 7.76. The van der Waals surface area contributed by atoms with Crippen LogP contribution in [0.25, 0.3) is 0 Å². The van der Waals surface area contributed by atoms with Crippen LogP contribution >= 0.6 is 0 Å². The van der Waals surface area contributed by atoms with Crippen LogP contribution in [0.1, 0.15) is 30.9 Å². The molecule has 2 atom stereocenters. The lowest BCUT2D eigenvalue weighted by molar-refractivity contribution is -0.00557. The van der Waals surface area contributed by atoms with E-state index in [2.05, 4.69) is 29.0 Å². The van der Waals surface area contributed by atoms with Gasteiger partial charge in [0.15, 0.2) is 0 Å². The minimum absolute atomic E-state index is 0.105. The minimum Gasteiger partial charge on any atom is -0.372 e. The summed E-state index contributed by atoms with van der Waals surface area (Å²) >= 11 is 0. The molecule has 154 valence electrons. The van der Waals surface area contributed by atoms with Crippen molar-refractivity contribution >= 4 is 17.5 Å². The summed E-state index contributed by atoms with van der Waals surface area (Å²) < 4.78 is 19.8. The lowest BCUT2D eigenvalue weighted by Gasteiger charge is -2.38. The third-order valence-electron chi connectivity index (χ3n) is 5.27. The summed E-state index contributed by atoms with van der Waals surface area (Å²) in [5.74, 6) is 1.15. The number of carbonyl (C=O) groups is 1. The number of aryl methyl sites for hydroxylation is 1. The van der Waals surface area contributed by atoms with Crippen LogP contribution in [0, 0.1) is 12.7 Å². The second kappa shape index (κ2) is 7.94. The number of rotatable bonds is 2. The van der Waals surface area contributed by atoms with Crippen molar-refractivity contribution in [1.82, 2.24) is 14.9 Å². The Morgan fingerprint density at radius 2 is 1.93 bits per heavy atom. The molecule has 2 amide bonds. The van der Waals surface area contributed by atoms with Gasteiger partial charge in [-0.15, -0.1) is 0 Å². The van der Waals surface area contributed by atoms with E-state index >= 15 is 0 Å². The van der Waals surface area contributed by atoms with Gasteiger partial charge in [0, 0.05) is 31.6 Å². The zero-order chi connectivity index (χ0) is 20.5. The van der Waals surface area contributed by atoms with Gasteiger partial charge in [0.25, 0.3) is 0 Å². The number of benzene rings is 1. The monoisotopic (exact) mass is 399 g/mol. The maximum absolute atomic E-state index is 13.9. The van der Waals surface area contributed by atoms with Crippen LogP contribution in [0.3, 0.4) is 0 Å². The summed E-state index contributed by atoms with van der Waals surface area (Å²) in [6.07, 6.45) is 0.855.